The molecule has 0 amide bonds. The largest absolute Gasteiger partial charge is 0.309 e. The van der Waals surface area contributed by atoms with Crippen molar-refractivity contribution >= 4 is 15.9 Å². The number of halogens is 1. The monoisotopic (exact) mass is 284 g/mol. The van der Waals surface area contributed by atoms with Crippen LogP contribution >= 0.6 is 15.9 Å². The van der Waals surface area contributed by atoms with E-state index in [0.29, 0.717) is 6.04 Å². The minimum atomic E-state index is 0.415. The molecule has 3 heteroatoms. The summed E-state index contributed by atoms with van der Waals surface area (Å²) < 4.78 is 1.13. The molecule has 0 fully saturated rings. The van der Waals surface area contributed by atoms with Crippen molar-refractivity contribution in [2.75, 3.05) is 26.7 Å². The molecule has 0 aromatic heterocycles. The van der Waals surface area contributed by atoms with Crippen LogP contribution in [-0.2, 0) is 0 Å². The van der Waals surface area contributed by atoms with Crippen molar-refractivity contribution in [3.05, 3.63) is 34.3 Å². The summed E-state index contributed by atoms with van der Waals surface area (Å²) in [4.78, 5) is 2.31. The average Bonchev–Trinajstić information content (AvgIpc) is 2.29. The van der Waals surface area contributed by atoms with E-state index in [0.717, 1.165) is 24.1 Å². The zero-order valence-electron chi connectivity index (χ0n) is 10.3. The summed E-state index contributed by atoms with van der Waals surface area (Å²) in [5, 5.41) is 3.53. The maximum Gasteiger partial charge on any atom is 0.0292 e. The highest BCUT2D eigenvalue weighted by molar-refractivity contribution is 9.10. The number of hydrogen-bond acceptors (Lipinski definition) is 2. The average molecular weight is 285 g/mol. The molecule has 1 N–H and O–H groups in total. The molecule has 2 nitrogen and oxygen atoms in total. The van der Waals surface area contributed by atoms with Crippen LogP contribution in [0, 0.1) is 0 Å². The normalized spacial score (nSPS) is 13.1. The molecule has 1 unspecified atom stereocenters. The van der Waals surface area contributed by atoms with E-state index in [1.165, 1.54) is 5.56 Å². The third-order valence-corrected chi connectivity index (χ3v) is 3.38. The van der Waals surface area contributed by atoms with Crippen molar-refractivity contribution in [2.45, 2.75) is 19.9 Å². The lowest BCUT2D eigenvalue weighted by Crippen LogP contribution is -2.30. The van der Waals surface area contributed by atoms with Gasteiger partial charge in [0.15, 0.2) is 0 Å². The van der Waals surface area contributed by atoms with Crippen molar-refractivity contribution in [1.82, 2.24) is 10.2 Å². The second-order valence-electron chi connectivity index (χ2n) is 4.12. The summed E-state index contributed by atoms with van der Waals surface area (Å²) in [5.74, 6) is 0. The Hall–Kier alpha value is -0.380. The van der Waals surface area contributed by atoms with Gasteiger partial charge in [0.05, 0.1) is 0 Å². The summed E-state index contributed by atoms with van der Waals surface area (Å²) in [6.45, 7) is 7.61. The van der Waals surface area contributed by atoms with Crippen LogP contribution in [-0.4, -0.2) is 31.6 Å². The van der Waals surface area contributed by atoms with E-state index < -0.39 is 0 Å². The quantitative estimate of drug-likeness (QED) is 0.864. The van der Waals surface area contributed by atoms with Crippen molar-refractivity contribution in [3.63, 3.8) is 0 Å². The van der Waals surface area contributed by atoms with E-state index in [9.17, 15) is 0 Å². The van der Waals surface area contributed by atoms with Crippen LogP contribution in [0.1, 0.15) is 25.5 Å². The Morgan fingerprint density at radius 2 is 1.94 bits per heavy atom. The lowest BCUT2D eigenvalue weighted by atomic mass is 10.1. The second-order valence-corrected chi connectivity index (χ2v) is 5.04. The Morgan fingerprint density at radius 1 is 1.31 bits per heavy atom. The fraction of sp³-hybridized carbons (Fsp3) is 0.538. The molecule has 1 aromatic carbocycles. The van der Waals surface area contributed by atoms with Crippen LogP contribution in [0.4, 0.5) is 0 Å². The smallest absolute Gasteiger partial charge is 0.0292 e. The molecule has 16 heavy (non-hydrogen) atoms. The topological polar surface area (TPSA) is 15.3 Å². The van der Waals surface area contributed by atoms with Gasteiger partial charge in [-0.2, -0.15) is 0 Å². The zero-order chi connectivity index (χ0) is 12.0. The van der Waals surface area contributed by atoms with Gasteiger partial charge in [-0.25, -0.2) is 0 Å². The van der Waals surface area contributed by atoms with E-state index in [1.54, 1.807) is 0 Å². The van der Waals surface area contributed by atoms with Crippen LogP contribution in [0.15, 0.2) is 28.7 Å². The number of likely N-dealkylation sites (N-methyl/N-ethyl adjacent to an activating group) is 1. The summed E-state index contributed by atoms with van der Waals surface area (Å²) in [7, 11) is 2.14. The first kappa shape index (κ1) is 13.7. The van der Waals surface area contributed by atoms with Crippen LogP contribution in [0.25, 0.3) is 0 Å². The first-order valence-corrected chi connectivity index (χ1v) is 6.60. The van der Waals surface area contributed by atoms with Gasteiger partial charge in [0, 0.05) is 23.6 Å². The van der Waals surface area contributed by atoms with Crippen molar-refractivity contribution in [3.8, 4) is 0 Å². The Morgan fingerprint density at radius 3 is 2.50 bits per heavy atom. The molecule has 0 aliphatic rings. The fourth-order valence-electron chi connectivity index (χ4n) is 1.50. The molecule has 1 atom stereocenters. The maximum atomic E-state index is 3.53. The first-order chi connectivity index (χ1) is 7.63. The van der Waals surface area contributed by atoms with Gasteiger partial charge in [-0.05, 0) is 38.2 Å². The van der Waals surface area contributed by atoms with Gasteiger partial charge in [0.2, 0.25) is 0 Å². The van der Waals surface area contributed by atoms with Crippen molar-refractivity contribution in [2.24, 2.45) is 0 Å². The SMILES string of the molecule is CCN(C)CCNC(C)c1ccc(Br)cc1. The molecular weight excluding hydrogens is 264 g/mol. The van der Waals surface area contributed by atoms with Gasteiger partial charge < -0.3 is 10.2 Å². The van der Waals surface area contributed by atoms with Gasteiger partial charge in [0.25, 0.3) is 0 Å². The van der Waals surface area contributed by atoms with E-state index in [4.69, 9.17) is 0 Å². The predicted octanol–water partition coefficient (Wildman–Crippen LogP) is 3.05. The molecule has 0 saturated carbocycles. The minimum Gasteiger partial charge on any atom is -0.309 e. The maximum absolute atomic E-state index is 3.53. The third kappa shape index (κ3) is 4.64. The summed E-state index contributed by atoms with van der Waals surface area (Å²) in [6.07, 6.45) is 0. The molecule has 0 radical (unpaired) electrons. The highest BCUT2D eigenvalue weighted by Crippen LogP contribution is 2.16. The molecule has 1 rings (SSSR count). The molecule has 0 aliphatic heterocycles. The Kier molecular flexibility index (Phi) is 6.03. The van der Waals surface area contributed by atoms with E-state index in [1.807, 2.05) is 0 Å². The van der Waals surface area contributed by atoms with Gasteiger partial charge >= 0.3 is 0 Å². The molecule has 0 bridgehead atoms. The molecule has 0 heterocycles. The number of hydrogen-bond donors (Lipinski definition) is 1. The summed E-state index contributed by atoms with van der Waals surface area (Å²) in [6, 6.07) is 8.91. The van der Waals surface area contributed by atoms with E-state index in [2.05, 4.69) is 71.3 Å². The van der Waals surface area contributed by atoms with Gasteiger partial charge in [0.1, 0.15) is 0 Å². The minimum absolute atomic E-state index is 0.415. The van der Waals surface area contributed by atoms with Crippen molar-refractivity contribution in [1.29, 1.82) is 0 Å². The van der Waals surface area contributed by atoms with Crippen LogP contribution in [0.3, 0.4) is 0 Å². The predicted molar refractivity (Wildman–Crippen MR) is 73.7 cm³/mol. The van der Waals surface area contributed by atoms with Gasteiger partial charge in [-0.15, -0.1) is 0 Å². The fourth-order valence-corrected chi connectivity index (χ4v) is 1.76. The highest BCUT2D eigenvalue weighted by atomic mass is 79.9. The van der Waals surface area contributed by atoms with Crippen LogP contribution in [0.5, 0.6) is 0 Å². The van der Waals surface area contributed by atoms with E-state index in [-0.39, 0.29) is 0 Å². The standard InChI is InChI=1S/C13H21BrN2/c1-4-16(3)10-9-15-11(2)12-5-7-13(14)8-6-12/h5-8,11,15H,4,9-10H2,1-3H3. The van der Waals surface area contributed by atoms with E-state index >= 15 is 0 Å². The Labute approximate surface area is 107 Å². The second kappa shape index (κ2) is 7.05. The number of rotatable bonds is 6. The number of nitrogens with one attached hydrogen (secondary N) is 1. The van der Waals surface area contributed by atoms with Crippen molar-refractivity contribution < 1.29 is 0 Å². The zero-order valence-corrected chi connectivity index (χ0v) is 11.9. The van der Waals surface area contributed by atoms with Crippen LogP contribution in [0.2, 0.25) is 0 Å². The molecule has 0 aliphatic carbocycles. The lowest BCUT2D eigenvalue weighted by molar-refractivity contribution is 0.342. The van der Waals surface area contributed by atoms with Crippen LogP contribution < -0.4 is 5.32 Å². The summed E-state index contributed by atoms with van der Waals surface area (Å²) in [5.41, 5.74) is 1.34. The molecule has 90 valence electrons. The summed E-state index contributed by atoms with van der Waals surface area (Å²) >= 11 is 3.45. The Bertz CT molecular complexity index is 297. The molecular formula is C13H21BrN2. The number of nitrogens with zero attached hydrogens (tertiary/aromatic N) is 1. The lowest BCUT2D eigenvalue weighted by Gasteiger charge is -2.18. The number of benzene rings is 1. The third-order valence-electron chi connectivity index (χ3n) is 2.85. The molecule has 1 aromatic rings. The molecule has 0 saturated heterocycles. The van der Waals surface area contributed by atoms with Gasteiger partial charge in [-0.3, -0.25) is 0 Å². The highest BCUT2D eigenvalue weighted by Gasteiger charge is 2.04. The molecule has 0 spiro atoms. The first-order valence-electron chi connectivity index (χ1n) is 5.81. The van der Waals surface area contributed by atoms with Gasteiger partial charge in [-0.1, -0.05) is 35.0 Å². The Balaban J connectivity index is 2.35.